The summed E-state index contributed by atoms with van der Waals surface area (Å²) in [4.78, 5) is 9.82. The van der Waals surface area contributed by atoms with Crippen molar-refractivity contribution in [3.05, 3.63) is 12.6 Å². The summed E-state index contributed by atoms with van der Waals surface area (Å²) in [7, 11) is 0. The van der Waals surface area contributed by atoms with Crippen LogP contribution < -0.4 is 5.73 Å². The van der Waals surface area contributed by atoms with Crippen molar-refractivity contribution < 1.29 is 13.9 Å². The first-order chi connectivity index (χ1) is 3.77. The molecule has 0 spiro atoms. The van der Waals surface area contributed by atoms with Gasteiger partial charge in [0.2, 0.25) is 0 Å². The van der Waals surface area contributed by atoms with Crippen LogP contribution in [0.15, 0.2) is 12.6 Å². The van der Waals surface area contributed by atoms with Crippen LogP contribution >= 0.6 is 0 Å². The van der Waals surface area contributed by atoms with Crippen LogP contribution in [-0.4, -0.2) is 12.5 Å². The predicted molar refractivity (Wildman–Crippen MR) is 25.4 cm³/mol. The van der Waals surface area contributed by atoms with E-state index < -0.39 is 5.91 Å². The highest BCUT2D eigenvalue weighted by atomic mass is 19.1. The molecular weight excluding hydrogens is 113 g/mol. The van der Waals surface area contributed by atoms with Crippen molar-refractivity contribution in [2.45, 2.75) is 0 Å². The molecule has 0 aromatic rings. The van der Waals surface area contributed by atoms with Crippen LogP contribution in [0.2, 0.25) is 0 Å². The van der Waals surface area contributed by atoms with Crippen molar-refractivity contribution in [3.8, 4) is 0 Å². The van der Waals surface area contributed by atoms with Crippen LogP contribution in [0.25, 0.3) is 0 Å². The average Bonchev–Trinajstić information content (AvgIpc) is 1.66. The van der Waals surface area contributed by atoms with Gasteiger partial charge in [-0.3, -0.25) is 4.79 Å². The summed E-state index contributed by atoms with van der Waals surface area (Å²) in [6.45, 7) is -0.277. The maximum atomic E-state index is 11.0. The second kappa shape index (κ2) is 4.11. The lowest BCUT2D eigenvalue weighted by Gasteiger charge is -1.90. The third kappa shape index (κ3) is 4.94. The van der Waals surface area contributed by atoms with Gasteiger partial charge in [0.1, 0.15) is 12.6 Å². The Morgan fingerprint density at radius 3 is 2.88 bits per heavy atom. The fraction of sp³-hybridized carbons (Fsp3) is 0.250. The molecule has 46 valence electrons. The third-order valence-corrected chi connectivity index (χ3v) is 0.373. The molecule has 0 saturated heterocycles. The number of hydrogen-bond donors (Lipinski definition) is 1. The highest BCUT2D eigenvalue weighted by Gasteiger charge is 1.87. The molecule has 0 heterocycles. The molecule has 0 aliphatic rings. The van der Waals surface area contributed by atoms with Gasteiger partial charge in [0, 0.05) is 0 Å². The van der Waals surface area contributed by atoms with Crippen LogP contribution in [0.3, 0.4) is 0 Å². The Hall–Kier alpha value is -1.06. The van der Waals surface area contributed by atoms with Crippen LogP contribution in [0.5, 0.6) is 0 Å². The number of primary amides is 1. The molecule has 0 rings (SSSR count). The van der Waals surface area contributed by atoms with E-state index in [1.807, 2.05) is 0 Å². The van der Waals surface area contributed by atoms with E-state index in [9.17, 15) is 9.18 Å². The molecule has 3 nitrogen and oxygen atoms in total. The minimum atomic E-state index is -0.622. The summed E-state index contributed by atoms with van der Waals surface area (Å²) in [5.41, 5.74) is 4.61. The Morgan fingerprint density at radius 2 is 2.50 bits per heavy atom. The lowest BCUT2D eigenvalue weighted by atomic mass is 10.7. The molecule has 0 aliphatic carbocycles. The number of carbonyl (C=O) groups is 1. The first-order valence-corrected chi connectivity index (χ1v) is 1.92. The maximum Gasteiger partial charge on any atom is 0.255 e. The highest BCUT2D eigenvalue weighted by molar-refractivity contribution is 5.75. The Balaban J connectivity index is 3.05. The quantitative estimate of drug-likeness (QED) is 0.528. The smallest absolute Gasteiger partial charge is 0.255 e. The second-order valence-electron chi connectivity index (χ2n) is 1.04. The lowest BCUT2D eigenvalue weighted by Crippen LogP contribution is -2.16. The van der Waals surface area contributed by atoms with E-state index in [4.69, 9.17) is 0 Å². The zero-order chi connectivity index (χ0) is 6.41. The first-order valence-electron chi connectivity index (χ1n) is 1.92. The monoisotopic (exact) mass is 119 g/mol. The molecule has 0 bridgehead atoms. The number of halogens is 1. The van der Waals surface area contributed by atoms with Gasteiger partial charge >= 0.3 is 0 Å². The highest BCUT2D eigenvalue weighted by Crippen LogP contribution is 1.75. The van der Waals surface area contributed by atoms with Gasteiger partial charge in [0.15, 0.2) is 6.61 Å². The largest absolute Gasteiger partial charge is 0.489 e. The molecule has 2 N–H and O–H groups in total. The van der Waals surface area contributed by atoms with E-state index in [0.29, 0.717) is 0 Å². The Morgan fingerprint density at radius 1 is 1.88 bits per heavy atom. The van der Waals surface area contributed by atoms with Crippen LogP contribution in [0.4, 0.5) is 4.39 Å². The third-order valence-electron chi connectivity index (χ3n) is 0.373. The molecule has 0 radical (unpaired) electrons. The number of carbonyl (C=O) groups excluding carboxylic acids is 1. The Bertz CT molecular complexity index is 102. The Labute approximate surface area is 45.9 Å². The number of nitrogens with two attached hydrogens (primary N) is 1. The van der Waals surface area contributed by atoms with Crippen LogP contribution in [0, 0.1) is 0 Å². The standard InChI is InChI=1S/C4H6FNO2/c5-1-2-8-3-4(6)7/h1-2H,3H2,(H2,6,7). The zero-order valence-electron chi connectivity index (χ0n) is 4.13. The number of rotatable bonds is 3. The molecule has 0 atom stereocenters. The topological polar surface area (TPSA) is 52.3 Å². The first kappa shape index (κ1) is 6.94. The summed E-state index contributed by atoms with van der Waals surface area (Å²) in [6, 6.07) is 0. The fourth-order valence-corrected chi connectivity index (χ4v) is 0.167. The lowest BCUT2D eigenvalue weighted by molar-refractivity contribution is -0.120. The number of amides is 1. The van der Waals surface area contributed by atoms with Crippen LogP contribution in [0.1, 0.15) is 0 Å². The number of hydrogen-bond acceptors (Lipinski definition) is 2. The summed E-state index contributed by atoms with van der Waals surface area (Å²) in [6.07, 6.45) is 0.938. The van der Waals surface area contributed by atoms with E-state index in [-0.39, 0.29) is 12.9 Å². The van der Waals surface area contributed by atoms with Crippen molar-refractivity contribution in [3.63, 3.8) is 0 Å². The Kier molecular flexibility index (Phi) is 3.56. The van der Waals surface area contributed by atoms with Crippen molar-refractivity contribution in [2.24, 2.45) is 5.73 Å². The SMILES string of the molecule is NC(=O)COC=CF. The minimum absolute atomic E-state index is 0.183. The van der Waals surface area contributed by atoms with Crippen molar-refractivity contribution in [2.75, 3.05) is 6.61 Å². The molecule has 0 aliphatic heterocycles. The van der Waals surface area contributed by atoms with E-state index in [0.717, 1.165) is 6.26 Å². The summed E-state index contributed by atoms with van der Waals surface area (Å²) in [5, 5.41) is 0. The van der Waals surface area contributed by atoms with Gasteiger partial charge in [-0.05, 0) is 0 Å². The summed E-state index contributed by atoms with van der Waals surface area (Å²) >= 11 is 0. The summed E-state index contributed by atoms with van der Waals surface area (Å²) < 4.78 is 15.2. The van der Waals surface area contributed by atoms with Gasteiger partial charge < -0.3 is 10.5 Å². The van der Waals surface area contributed by atoms with Gasteiger partial charge in [-0.25, -0.2) is 4.39 Å². The molecule has 0 aromatic heterocycles. The van der Waals surface area contributed by atoms with Gasteiger partial charge in [-0.1, -0.05) is 0 Å². The molecule has 0 fully saturated rings. The van der Waals surface area contributed by atoms with E-state index in [2.05, 4.69) is 10.5 Å². The molecule has 0 saturated carbocycles. The second-order valence-corrected chi connectivity index (χ2v) is 1.04. The minimum Gasteiger partial charge on any atom is -0.489 e. The van der Waals surface area contributed by atoms with Crippen molar-refractivity contribution >= 4 is 5.91 Å². The molecule has 0 aromatic carbocycles. The molecule has 0 unspecified atom stereocenters. The van der Waals surface area contributed by atoms with Gasteiger partial charge in [-0.15, -0.1) is 0 Å². The van der Waals surface area contributed by atoms with E-state index in [1.165, 1.54) is 0 Å². The predicted octanol–water partition coefficient (Wildman–Crippen LogP) is -0.0710. The number of ether oxygens (including phenoxy) is 1. The maximum absolute atomic E-state index is 11.0. The van der Waals surface area contributed by atoms with Gasteiger partial charge in [-0.2, -0.15) is 0 Å². The summed E-state index contributed by atoms with van der Waals surface area (Å²) in [5.74, 6) is -0.622. The molecule has 8 heavy (non-hydrogen) atoms. The molecular formula is C4H6FNO2. The zero-order valence-corrected chi connectivity index (χ0v) is 4.13. The van der Waals surface area contributed by atoms with Gasteiger partial charge in [0.05, 0.1) is 0 Å². The van der Waals surface area contributed by atoms with Crippen molar-refractivity contribution in [1.82, 2.24) is 0 Å². The van der Waals surface area contributed by atoms with Crippen LogP contribution in [-0.2, 0) is 9.53 Å². The molecule has 4 heteroatoms. The van der Waals surface area contributed by atoms with Gasteiger partial charge in [0.25, 0.3) is 5.91 Å². The average molecular weight is 119 g/mol. The van der Waals surface area contributed by atoms with E-state index in [1.54, 1.807) is 0 Å². The van der Waals surface area contributed by atoms with E-state index >= 15 is 0 Å². The fourth-order valence-electron chi connectivity index (χ4n) is 0.167. The normalized spacial score (nSPS) is 9.62. The molecule has 1 amide bonds. The van der Waals surface area contributed by atoms with Crippen molar-refractivity contribution in [1.29, 1.82) is 0 Å².